The molecule has 3 rings (SSSR count). The molecule has 0 unspecified atom stereocenters. The van der Waals surface area contributed by atoms with E-state index in [4.69, 9.17) is 4.98 Å². The van der Waals surface area contributed by atoms with Gasteiger partial charge in [-0.1, -0.05) is 18.2 Å². The Morgan fingerprint density at radius 2 is 2.22 bits per heavy atom. The van der Waals surface area contributed by atoms with Gasteiger partial charge in [-0.05, 0) is 44.9 Å². The van der Waals surface area contributed by atoms with E-state index < -0.39 is 0 Å². The van der Waals surface area contributed by atoms with E-state index in [0.29, 0.717) is 0 Å². The molecule has 1 N–H and O–H groups in total. The summed E-state index contributed by atoms with van der Waals surface area (Å²) in [5.74, 6) is 1.13. The smallest absolute Gasteiger partial charge is 0.124 e. The van der Waals surface area contributed by atoms with E-state index in [1.807, 2.05) is 12.1 Å². The molecule has 1 aliphatic heterocycles. The second kappa shape index (κ2) is 6.85. The van der Waals surface area contributed by atoms with E-state index in [9.17, 15) is 5.11 Å². The summed E-state index contributed by atoms with van der Waals surface area (Å²) >= 11 is 0. The van der Waals surface area contributed by atoms with Crippen LogP contribution in [0, 0.1) is 5.41 Å². The molecule has 0 bridgehead atoms. The maximum absolute atomic E-state index is 9.88. The van der Waals surface area contributed by atoms with Crippen LogP contribution in [0.5, 0.6) is 0 Å². The van der Waals surface area contributed by atoms with Gasteiger partial charge in [0.1, 0.15) is 5.82 Å². The molecule has 1 aromatic heterocycles. The van der Waals surface area contributed by atoms with Crippen molar-refractivity contribution in [1.82, 2.24) is 14.5 Å². The van der Waals surface area contributed by atoms with Gasteiger partial charge in [0.25, 0.3) is 0 Å². The molecule has 1 aliphatic rings. The number of imidazole rings is 1. The molecule has 1 aromatic carbocycles. The van der Waals surface area contributed by atoms with E-state index in [2.05, 4.69) is 41.2 Å². The third-order valence-corrected chi connectivity index (χ3v) is 5.07. The van der Waals surface area contributed by atoms with Crippen LogP contribution >= 0.6 is 0 Å². The van der Waals surface area contributed by atoms with Gasteiger partial charge in [-0.25, -0.2) is 4.98 Å². The zero-order valence-corrected chi connectivity index (χ0v) is 14.0. The Hall–Kier alpha value is -1.65. The maximum Gasteiger partial charge on any atom is 0.124 e. The third-order valence-electron chi connectivity index (χ3n) is 5.07. The first-order chi connectivity index (χ1) is 11.2. The SMILES string of the molecule is C=CC[C@@]1(CO)CCCN(Cc2nc3ccccc3n2CC)C1. The van der Waals surface area contributed by atoms with Crippen molar-refractivity contribution in [3.05, 3.63) is 42.7 Å². The minimum absolute atomic E-state index is 0.0247. The molecule has 1 fully saturated rings. The number of para-hydroxylation sites is 2. The number of rotatable bonds is 6. The average molecular weight is 313 g/mol. The highest BCUT2D eigenvalue weighted by Gasteiger charge is 2.34. The van der Waals surface area contributed by atoms with Crippen LogP contribution in [0.1, 0.15) is 32.0 Å². The predicted molar refractivity (Wildman–Crippen MR) is 94.3 cm³/mol. The number of fused-ring (bicyclic) bond motifs is 1. The van der Waals surface area contributed by atoms with Crippen molar-refractivity contribution in [3.63, 3.8) is 0 Å². The first-order valence-electron chi connectivity index (χ1n) is 8.59. The highest BCUT2D eigenvalue weighted by molar-refractivity contribution is 5.75. The van der Waals surface area contributed by atoms with Gasteiger partial charge in [0.15, 0.2) is 0 Å². The number of aliphatic hydroxyl groups is 1. The average Bonchev–Trinajstić information content (AvgIpc) is 2.92. The van der Waals surface area contributed by atoms with E-state index in [-0.39, 0.29) is 12.0 Å². The summed E-state index contributed by atoms with van der Waals surface area (Å²) in [7, 11) is 0. The Bertz CT molecular complexity index is 678. The number of allylic oxidation sites excluding steroid dienone is 1. The lowest BCUT2D eigenvalue weighted by molar-refractivity contribution is 0.0295. The minimum atomic E-state index is -0.0247. The van der Waals surface area contributed by atoms with Gasteiger partial charge >= 0.3 is 0 Å². The van der Waals surface area contributed by atoms with Crippen LogP contribution < -0.4 is 0 Å². The van der Waals surface area contributed by atoms with Crippen molar-refractivity contribution < 1.29 is 5.11 Å². The van der Waals surface area contributed by atoms with E-state index in [0.717, 1.165) is 56.8 Å². The molecule has 1 atom stereocenters. The summed E-state index contributed by atoms with van der Waals surface area (Å²) in [6.07, 6.45) is 5.03. The minimum Gasteiger partial charge on any atom is -0.396 e. The second-order valence-corrected chi connectivity index (χ2v) is 6.73. The van der Waals surface area contributed by atoms with Gasteiger partial charge < -0.3 is 9.67 Å². The largest absolute Gasteiger partial charge is 0.396 e. The van der Waals surface area contributed by atoms with Gasteiger partial charge in [0.05, 0.1) is 24.2 Å². The maximum atomic E-state index is 9.88. The Morgan fingerprint density at radius 3 is 2.96 bits per heavy atom. The van der Waals surface area contributed by atoms with Crippen molar-refractivity contribution in [2.75, 3.05) is 19.7 Å². The zero-order chi connectivity index (χ0) is 16.3. The number of benzene rings is 1. The normalized spacial score (nSPS) is 22.5. The number of nitrogens with zero attached hydrogens (tertiary/aromatic N) is 3. The quantitative estimate of drug-likeness (QED) is 0.833. The number of hydrogen-bond donors (Lipinski definition) is 1. The van der Waals surface area contributed by atoms with Crippen molar-refractivity contribution >= 4 is 11.0 Å². The summed E-state index contributed by atoms with van der Waals surface area (Å²) in [5, 5.41) is 9.88. The van der Waals surface area contributed by atoms with Crippen molar-refractivity contribution in [3.8, 4) is 0 Å². The predicted octanol–water partition coefficient (Wildman–Crippen LogP) is 3.21. The third kappa shape index (κ3) is 3.19. The number of likely N-dealkylation sites (tertiary alicyclic amines) is 1. The number of aryl methyl sites for hydroxylation is 1. The molecule has 0 aliphatic carbocycles. The Morgan fingerprint density at radius 1 is 1.39 bits per heavy atom. The molecule has 23 heavy (non-hydrogen) atoms. The highest BCUT2D eigenvalue weighted by atomic mass is 16.3. The molecular weight excluding hydrogens is 286 g/mol. The molecule has 0 amide bonds. The van der Waals surface area contributed by atoms with Crippen LogP contribution in [0.4, 0.5) is 0 Å². The standard InChI is InChI=1S/C19H27N3O/c1-3-10-19(15-23)11-7-12-21(14-19)13-18-20-16-8-5-6-9-17(16)22(18)4-2/h3,5-6,8-9,23H,1,4,7,10-15H2,2H3/t19-/m1/s1. The van der Waals surface area contributed by atoms with Crippen molar-refractivity contribution in [1.29, 1.82) is 0 Å². The number of aliphatic hydroxyl groups excluding tert-OH is 1. The summed E-state index contributed by atoms with van der Waals surface area (Å²) in [5.41, 5.74) is 2.26. The summed E-state index contributed by atoms with van der Waals surface area (Å²) < 4.78 is 2.30. The van der Waals surface area contributed by atoms with Crippen LogP contribution in [-0.4, -0.2) is 39.3 Å². The van der Waals surface area contributed by atoms with Gasteiger partial charge in [-0.2, -0.15) is 0 Å². The number of hydrogen-bond acceptors (Lipinski definition) is 3. The monoisotopic (exact) mass is 313 g/mol. The van der Waals surface area contributed by atoms with Crippen LogP contribution in [0.2, 0.25) is 0 Å². The first kappa shape index (κ1) is 16.2. The topological polar surface area (TPSA) is 41.3 Å². The highest BCUT2D eigenvalue weighted by Crippen LogP contribution is 2.34. The van der Waals surface area contributed by atoms with Crippen LogP contribution in [0.15, 0.2) is 36.9 Å². The molecular formula is C19H27N3O. The molecule has 4 nitrogen and oxygen atoms in total. The molecule has 4 heteroatoms. The van der Waals surface area contributed by atoms with Crippen molar-refractivity contribution in [2.45, 2.75) is 39.3 Å². The Labute approximate surface area is 138 Å². The molecule has 0 radical (unpaired) electrons. The Kier molecular flexibility index (Phi) is 4.83. The van der Waals surface area contributed by atoms with Gasteiger partial charge in [0, 0.05) is 18.5 Å². The van der Waals surface area contributed by atoms with Crippen LogP contribution in [0.3, 0.4) is 0 Å². The van der Waals surface area contributed by atoms with Crippen molar-refractivity contribution in [2.24, 2.45) is 5.41 Å². The summed E-state index contributed by atoms with van der Waals surface area (Å²) in [6.45, 7) is 10.0. The molecule has 0 spiro atoms. The zero-order valence-electron chi connectivity index (χ0n) is 14.0. The first-order valence-corrected chi connectivity index (χ1v) is 8.59. The lowest BCUT2D eigenvalue weighted by Gasteiger charge is -2.41. The Balaban J connectivity index is 1.82. The molecule has 1 saturated heterocycles. The lowest BCUT2D eigenvalue weighted by Crippen LogP contribution is -2.45. The van der Waals surface area contributed by atoms with Gasteiger partial charge in [-0.3, -0.25) is 4.90 Å². The fourth-order valence-electron chi connectivity index (χ4n) is 3.91. The molecule has 2 heterocycles. The van der Waals surface area contributed by atoms with Gasteiger partial charge in [0.2, 0.25) is 0 Å². The number of aromatic nitrogens is 2. The van der Waals surface area contributed by atoms with E-state index >= 15 is 0 Å². The fraction of sp³-hybridized carbons (Fsp3) is 0.526. The summed E-state index contributed by atoms with van der Waals surface area (Å²) in [6, 6.07) is 8.33. The van der Waals surface area contributed by atoms with Gasteiger partial charge in [-0.15, -0.1) is 6.58 Å². The number of piperidine rings is 1. The molecule has 0 saturated carbocycles. The van der Waals surface area contributed by atoms with Crippen LogP contribution in [-0.2, 0) is 13.1 Å². The molecule has 2 aromatic rings. The molecule has 124 valence electrons. The van der Waals surface area contributed by atoms with Crippen LogP contribution in [0.25, 0.3) is 11.0 Å². The van der Waals surface area contributed by atoms with E-state index in [1.54, 1.807) is 0 Å². The lowest BCUT2D eigenvalue weighted by atomic mass is 9.78. The fourth-order valence-corrected chi connectivity index (χ4v) is 3.91. The second-order valence-electron chi connectivity index (χ2n) is 6.73. The summed E-state index contributed by atoms with van der Waals surface area (Å²) in [4.78, 5) is 7.28. The van der Waals surface area contributed by atoms with E-state index in [1.165, 1.54) is 5.52 Å².